The topological polar surface area (TPSA) is 0 Å². The highest BCUT2D eigenvalue weighted by Crippen LogP contribution is 2.31. The second-order valence-electron chi connectivity index (χ2n) is 6.73. The molecule has 0 saturated carbocycles. The van der Waals surface area contributed by atoms with Crippen molar-refractivity contribution in [3.8, 4) is 0 Å². The van der Waals surface area contributed by atoms with E-state index in [9.17, 15) is 0 Å². The van der Waals surface area contributed by atoms with Crippen molar-refractivity contribution in [1.82, 2.24) is 0 Å². The zero-order chi connectivity index (χ0) is 18.2. The van der Waals surface area contributed by atoms with Crippen molar-refractivity contribution in [1.29, 1.82) is 0 Å². The van der Waals surface area contributed by atoms with E-state index in [4.69, 9.17) is 0 Å². The fourth-order valence-corrected chi connectivity index (χ4v) is 3.22. The summed E-state index contributed by atoms with van der Waals surface area (Å²) in [5, 5.41) is 0. The first-order chi connectivity index (χ1) is 12.7. The van der Waals surface area contributed by atoms with Gasteiger partial charge in [-0.25, -0.2) is 0 Å². The Hall–Kier alpha value is -2.86. The first-order valence-corrected chi connectivity index (χ1v) is 9.24. The molecular weight excluding hydrogens is 312 g/mol. The lowest BCUT2D eigenvalue weighted by atomic mass is 9.85. The van der Waals surface area contributed by atoms with Crippen LogP contribution in [-0.4, -0.2) is 0 Å². The highest BCUT2D eigenvalue weighted by atomic mass is 14.2. The predicted molar refractivity (Wildman–Crippen MR) is 115 cm³/mol. The molecule has 0 saturated heterocycles. The van der Waals surface area contributed by atoms with Crippen LogP contribution in [0.5, 0.6) is 0 Å². The summed E-state index contributed by atoms with van der Waals surface area (Å²) in [4.78, 5) is 0. The Labute approximate surface area is 157 Å². The summed E-state index contributed by atoms with van der Waals surface area (Å²) in [6.07, 6.45) is 15.4. The van der Waals surface area contributed by atoms with E-state index in [-0.39, 0.29) is 0 Å². The first-order valence-electron chi connectivity index (χ1n) is 9.24. The van der Waals surface area contributed by atoms with Gasteiger partial charge in [0, 0.05) is 5.92 Å². The molecule has 0 bridgehead atoms. The predicted octanol–water partition coefficient (Wildman–Crippen LogP) is 7.25. The van der Waals surface area contributed by atoms with Crippen LogP contribution in [0.1, 0.15) is 30.9 Å². The normalized spacial score (nSPS) is 17.3. The smallest absolute Gasteiger partial charge is 0.00178 e. The minimum atomic E-state index is 0.487. The van der Waals surface area contributed by atoms with Gasteiger partial charge in [0.05, 0.1) is 0 Å². The van der Waals surface area contributed by atoms with Crippen molar-refractivity contribution in [3.63, 3.8) is 0 Å². The molecule has 2 aromatic carbocycles. The van der Waals surface area contributed by atoms with E-state index in [0.29, 0.717) is 5.92 Å². The number of hydrogen-bond donors (Lipinski definition) is 0. The lowest BCUT2D eigenvalue weighted by Crippen LogP contribution is -2.03. The van der Waals surface area contributed by atoms with Gasteiger partial charge in [-0.3, -0.25) is 0 Å². The molecule has 0 aliphatic heterocycles. The molecule has 0 spiro atoms. The standard InChI is InChI=1S/C26H26/c1-21(23-14-5-3-6-15-23)12-9-10-13-22(2)25-18-11-19-26(20-25)24-16-7-4-8-17-24/h3-9,11-19,25H,1,10,20H2,2H3. The van der Waals surface area contributed by atoms with Crippen LogP contribution in [0.15, 0.2) is 109 Å². The lowest BCUT2D eigenvalue weighted by molar-refractivity contribution is 0.774. The van der Waals surface area contributed by atoms with Gasteiger partial charge in [0.25, 0.3) is 0 Å². The maximum absolute atomic E-state index is 4.15. The van der Waals surface area contributed by atoms with Crippen LogP contribution in [0.3, 0.4) is 0 Å². The van der Waals surface area contributed by atoms with E-state index >= 15 is 0 Å². The molecule has 0 nitrogen and oxygen atoms in total. The first kappa shape index (κ1) is 17.9. The third-order valence-electron chi connectivity index (χ3n) is 4.85. The monoisotopic (exact) mass is 338 g/mol. The Morgan fingerprint density at radius 3 is 2.46 bits per heavy atom. The Kier molecular flexibility index (Phi) is 6.22. The summed E-state index contributed by atoms with van der Waals surface area (Å²) >= 11 is 0. The maximum atomic E-state index is 4.15. The van der Waals surface area contributed by atoms with Gasteiger partial charge in [-0.05, 0) is 42.0 Å². The molecule has 0 aromatic heterocycles. The zero-order valence-corrected chi connectivity index (χ0v) is 15.4. The number of allylic oxidation sites excluding steroid dienone is 9. The highest BCUT2D eigenvalue weighted by molar-refractivity contribution is 5.71. The second kappa shape index (κ2) is 9.01. The van der Waals surface area contributed by atoms with Crippen molar-refractivity contribution >= 4 is 11.1 Å². The van der Waals surface area contributed by atoms with E-state index in [1.165, 1.54) is 22.3 Å². The third kappa shape index (κ3) is 4.83. The molecule has 26 heavy (non-hydrogen) atoms. The van der Waals surface area contributed by atoms with Crippen LogP contribution in [0.4, 0.5) is 0 Å². The quantitative estimate of drug-likeness (QED) is 0.384. The van der Waals surface area contributed by atoms with E-state index < -0.39 is 0 Å². The molecule has 0 heterocycles. The molecule has 0 radical (unpaired) electrons. The SMILES string of the molecule is C=C(C=CCC=C(C)C1C=CC=C(c2ccccc2)C1)c1ccccc1. The molecule has 1 aliphatic carbocycles. The van der Waals surface area contributed by atoms with E-state index in [2.05, 4.69) is 92.4 Å². The van der Waals surface area contributed by atoms with E-state index in [1.54, 1.807) is 0 Å². The Balaban J connectivity index is 1.57. The number of benzene rings is 2. The van der Waals surface area contributed by atoms with Crippen LogP contribution in [0.25, 0.3) is 11.1 Å². The molecule has 0 N–H and O–H groups in total. The largest absolute Gasteiger partial charge is 0.0912 e. The molecule has 1 aliphatic rings. The van der Waals surface area contributed by atoms with Crippen molar-refractivity contribution < 1.29 is 0 Å². The summed E-state index contributed by atoms with van der Waals surface area (Å²) in [6, 6.07) is 21.0. The second-order valence-corrected chi connectivity index (χ2v) is 6.73. The minimum Gasteiger partial charge on any atom is -0.0912 e. The third-order valence-corrected chi connectivity index (χ3v) is 4.85. The van der Waals surface area contributed by atoms with Gasteiger partial charge >= 0.3 is 0 Å². The van der Waals surface area contributed by atoms with Crippen molar-refractivity contribution in [2.75, 3.05) is 0 Å². The van der Waals surface area contributed by atoms with Crippen molar-refractivity contribution in [2.45, 2.75) is 19.8 Å². The molecule has 1 atom stereocenters. The van der Waals surface area contributed by atoms with Gasteiger partial charge in [-0.15, -0.1) is 0 Å². The van der Waals surface area contributed by atoms with Crippen molar-refractivity contribution in [2.24, 2.45) is 5.92 Å². The van der Waals surface area contributed by atoms with Gasteiger partial charge < -0.3 is 0 Å². The zero-order valence-electron chi connectivity index (χ0n) is 15.4. The van der Waals surface area contributed by atoms with Crippen molar-refractivity contribution in [3.05, 3.63) is 120 Å². The Bertz CT molecular complexity index is 845. The van der Waals surface area contributed by atoms with Crippen LogP contribution in [0, 0.1) is 5.92 Å². The fourth-order valence-electron chi connectivity index (χ4n) is 3.22. The number of rotatable bonds is 6. The molecular formula is C26H26. The molecule has 2 aromatic rings. The van der Waals surface area contributed by atoms with Crippen LogP contribution in [0.2, 0.25) is 0 Å². The molecule has 0 fully saturated rings. The fraction of sp³-hybridized carbons (Fsp3) is 0.154. The molecule has 3 rings (SSSR count). The maximum Gasteiger partial charge on any atom is 0.00178 e. The van der Waals surface area contributed by atoms with Crippen LogP contribution in [-0.2, 0) is 0 Å². The molecule has 1 unspecified atom stereocenters. The molecule has 130 valence electrons. The highest BCUT2D eigenvalue weighted by Gasteiger charge is 2.13. The summed E-state index contributed by atoms with van der Waals surface area (Å²) in [5.74, 6) is 0.487. The van der Waals surface area contributed by atoms with Gasteiger partial charge in [0.2, 0.25) is 0 Å². The summed E-state index contributed by atoms with van der Waals surface area (Å²) in [6.45, 7) is 6.39. The van der Waals surface area contributed by atoms with Gasteiger partial charge in [-0.2, -0.15) is 0 Å². The molecule has 0 heteroatoms. The Morgan fingerprint density at radius 1 is 1.04 bits per heavy atom. The van der Waals surface area contributed by atoms with Gasteiger partial charge in [0.1, 0.15) is 0 Å². The average molecular weight is 338 g/mol. The Morgan fingerprint density at radius 2 is 1.73 bits per heavy atom. The van der Waals surface area contributed by atoms with Crippen LogP contribution < -0.4 is 0 Å². The summed E-state index contributed by atoms with van der Waals surface area (Å²) < 4.78 is 0. The lowest BCUT2D eigenvalue weighted by Gasteiger charge is -2.19. The van der Waals surface area contributed by atoms with Gasteiger partial charge in [0.15, 0.2) is 0 Å². The van der Waals surface area contributed by atoms with Gasteiger partial charge in [-0.1, -0.05) is 109 Å². The minimum absolute atomic E-state index is 0.487. The molecule has 0 amide bonds. The number of hydrogen-bond acceptors (Lipinski definition) is 0. The average Bonchev–Trinajstić information content (AvgIpc) is 2.72. The van der Waals surface area contributed by atoms with E-state index in [1.807, 2.05) is 18.2 Å². The van der Waals surface area contributed by atoms with Crippen LogP contribution >= 0.6 is 0 Å². The summed E-state index contributed by atoms with van der Waals surface area (Å²) in [7, 11) is 0. The van der Waals surface area contributed by atoms with E-state index in [0.717, 1.165) is 18.4 Å². The summed E-state index contributed by atoms with van der Waals surface area (Å²) in [5.41, 5.74) is 6.41.